The normalized spacial score (nSPS) is 10.1. The number of aromatic nitrogens is 4. The summed E-state index contributed by atoms with van der Waals surface area (Å²) >= 11 is 0. The lowest BCUT2D eigenvalue weighted by molar-refractivity contribution is 0.540. The molecule has 0 aromatic carbocycles. The second-order valence-corrected chi connectivity index (χ2v) is 3.42. The van der Waals surface area contributed by atoms with Crippen LogP contribution in [-0.4, -0.2) is 40.3 Å². The summed E-state index contributed by atoms with van der Waals surface area (Å²) in [5, 5.41) is 4.08. The minimum atomic E-state index is 0.490. The van der Waals surface area contributed by atoms with E-state index in [1.807, 2.05) is 6.07 Å². The first-order valence-electron chi connectivity index (χ1n) is 4.72. The lowest BCUT2D eigenvalue weighted by Gasteiger charge is -2.07. The predicted molar refractivity (Wildman–Crippen MR) is 59.7 cm³/mol. The minimum Gasteiger partial charge on any atom is -0.347 e. The lowest BCUT2D eigenvalue weighted by atomic mass is 10.3. The molecule has 0 radical (unpaired) electrons. The molecule has 0 unspecified atom stereocenters. The standard InChI is InChI=1S/C10H11N5O/c1-14(2)10-12-9(13-15(10)7-16)8-4-3-5-11-6-8/h3-7H,1-2H3. The Morgan fingerprint density at radius 1 is 1.44 bits per heavy atom. The first-order chi connectivity index (χ1) is 7.72. The molecule has 2 heterocycles. The van der Waals surface area contributed by atoms with Crippen molar-refractivity contribution in [3.63, 3.8) is 0 Å². The Balaban J connectivity index is 2.48. The van der Waals surface area contributed by atoms with Crippen molar-refractivity contribution < 1.29 is 4.79 Å². The molecule has 0 N–H and O–H groups in total. The van der Waals surface area contributed by atoms with Crippen LogP contribution in [0.3, 0.4) is 0 Å². The molecular formula is C10H11N5O. The third-order valence-electron chi connectivity index (χ3n) is 2.03. The van der Waals surface area contributed by atoms with E-state index in [0.29, 0.717) is 18.2 Å². The first-order valence-corrected chi connectivity index (χ1v) is 4.72. The van der Waals surface area contributed by atoms with E-state index in [1.54, 1.807) is 37.5 Å². The number of carbonyl (C=O) groups is 1. The minimum absolute atomic E-state index is 0.490. The van der Waals surface area contributed by atoms with Crippen LogP contribution in [0.15, 0.2) is 24.5 Å². The van der Waals surface area contributed by atoms with Gasteiger partial charge in [0.15, 0.2) is 5.82 Å². The molecular weight excluding hydrogens is 206 g/mol. The van der Waals surface area contributed by atoms with Gasteiger partial charge < -0.3 is 4.90 Å². The van der Waals surface area contributed by atoms with Gasteiger partial charge in [0.05, 0.1) is 0 Å². The summed E-state index contributed by atoms with van der Waals surface area (Å²) in [5.41, 5.74) is 0.784. The highest BCUT2D eigenvalue weighted by Gasteiger charge is 2.12. The zero-order valence-corrected chi connectivity index (χ0v) is 9.03. The van der Waals surface area contributed by atoms with E-state index in [4.69, 9.17) is 0 Å². The Morgan fingerprint density at radius 3 is 2.75 bits per heavy atom. The van der Waals surface area contributed by atoms with Crippen LogP contribution in [0.4, 0.5) is 5.95 Å². The highest BCUT2D eigenvalue weighted by molar-refractivity contribution is 5.62. The van der Waals surface area contributed by atoms with Gasteiger partial charge in [-0.1, -0.05) is 0 Å². The summed E-state index contributed by atoms with van der Waals surface area (Å²) in [6.07, 6.45) is 3.96. The Morgan fingerprint density at radius 2 is 2.25 bits per heavy atom. The maximum Gasteiger partial charge on any atom is 0.237 e. The van der Waals surface area contributed by atoms with Gasteiger partial charge >= 0.3 is 0 Å². The van der Waals surface area contributed by atoms with Gasteiger partial charge in [-0.05, 0) is 12.1 Å². The van der Waals surface area contributed by atoms with Gasteiger partial charge in [0.1, 0.15) is 0 Å². The van der Waals surface area contributed by atoms with E-state index in [9.17, 15) is 4.79 Å². The summed E-state index contributed by atoms with van der Waals surface area (Å²) in [5.74, 6) is 0.984. The van der Waals surface area contributed by atoms with E-state index >= 15 is 0 Å². The van der Waals surface area contributed by atoms with Crippen LogP contribution in [0.5, 0.6) is 0 Å². The van der Waals surface area contributed by atoms with E-state index < -0.39 is 0 Å². The Labute approximate surface area is 92.6 Å². The molecule has 16 heavy (non-hydrogen) atoms. The molecule has 0 saturated heterocycles. The number of pyridine rings is 1. The summed E-state index contributed by atoms with van der Waals surface area (Å²) in [4.78, 5) is 20.8. The molecule has 2 aromatic rings. The molecule has 2 aromatic heterocycles. The average molecular weight is 217 g/mol. The quantitative estimate of drug-likeness (QED) is 0.698. The number of carbonyl (C=O) groups excluding carboxylic acids is 1. The largest absolute Gasteiger partial charge is 0.347 e. The average Bonchev–Trinajstić information content (AvgIpc) is 2.74. The fraction of sp³-hybridized carbons (Fsp3) is 0.200. The molecule has 0 bridgehead atoms. The van der Waals surface area contributed by atoms with E-state index in [-0.39, 0.29) is 0 Å². The fourth-order valence-electron chi connectivity index (χ4n) is 1.31. The first kappa shape index (κ1) is 10.3. The van der Waals surface area contributed by atoms with Gasteiger partial charge in [0.25, 0.3) is 0 Å². The van der Waals surface area contributed by atoms with Gasteiger partial charge in [-0.15, -0.1) is 5.10 Å². The van der Waals surface area contributed by atoms with Gasteiger partial charge in [-0.2, -0.15) is 9.67 Å². The van der Waals surface area contributed by atoms with Crippen molar-refractivity contribution in [3.05, 3.63) is 24.5 Å². The zero-order chi connectivity index (χ0) is 11.5. The molecule has 6 nitrogen and oxygen atoms in total. The number of hydrogen-bond acceptors (Lipinski definition) is 5. The highest BCUT2D eigenvalue weighted by atomic mass is 16.1. The topological polar surface area (TPSA) is 63.9 Å². The van der Waals surface area contributed by atoms with Crippen LogP contribution in [-0.2, 0) is 4.79 Å². The number of hydrogen-bond donors (Lipinski definition) is 0. The molecule has 0 atom stereocenters. The summed E-state index contributed by atoms with van der Waals surface area (Å²) < 4.78 is 1.20. The molecule has 6 heteroatoms. The summed E-state index contributed by atoms with van der Waals surface area (Å²) in [6.45, 7) is 0. The second kappa shape index (κ2) is 4.09. The van der Waals surface area contributed by atoms with Crippen molar-refractivity contribution in [2.24, 2.45) is 0 Å². The second-order valence-electron chi connectivity index (χ2n) is 3.42. The maximum absolute atomic E-state index is 10.8. The van der Waals surface area contributed by atoms with Gasteiger partial charge in [-0.3, -0.25) is 9.78 Å². The fourth-order valence-corrected chi connectivity index (χ4v) is 1.31. The van der Waals surface area contributed by atoms with Crippen molar-refractivity contribution in [2.75, 3.05) is 19.0 Å². The Kier molecular flexibility index (Phi) is 2.63. The van der Waals surface area contributed by atoms with E-state index in [1.165, 1.54) is 4.68 Å². The molecule has 0 aliphatic rings. The van der Waals surface area contributed by atoms with Crippen molar-refractivity contribution >= 4 is 12.4 Å². The molecule has 2 rings (SSSR count). The van der Waals surface area contributed by atoms with Crippen LogP contribution in [0.2, 0.25) is 0 Å². The van der Waals surface area contributed by atoms with Crippen LogP contribution in [0, 0.1) is 0 Å². The van der Waals surface area contributed by atoms with Crippen molar-refractivity contribution in [1.29, 1.82) is 0 Å². The van der Waals surface area contributed by atoms with Crippen molar-refractivity contribution in [2.45, 2.75) is 0 Å². The third-order valence-corrected chi connectivity index (χ3v) is 2.03. The smallest absolute Gasteiger partial charge is 0.237 e. The summed E-state index contributed by atoms with van der Waals surface area (Å²) in [7, 11) is 3.61. The zero-order valence-electron chi connectivity index (χ0n) is 9.03. The van der Waals surface area contributed by atoms with E-state index in [2.05, 4.69) is 15.1 Å². The monoisotopic (exact) mass is 217 g/mol. The number of anilines is 1. The Hall–Kier alpha value is -2.24. The van der Waals surface area contributed by atoms with Gasteiger partial charge in [-0.25, -0.2) is 0 Å². The molecule has 0 amide bonds. The molecule has 0 saturated carbocycles. The summed E-state index contributed by atoms with van der Waals surface area (Å²) in [6, 6.07) is 3.64. The third kappa shape index (κ3) is 1.77. The molecule has 82 valence electrons. The van der Waals surface area contributed by atoms with Crippen LogP contribution in [0.25, 0.3) is 11.4 Å². The lowest BCUT2D eigenvalue weighted by Crippen LogP contribution is -2.15. The Bertz CT molecular complexity index is 491. The van der Waals surface area contributed by atoms with Crippen LogP contribution < -0.4 is 4.90 Å². The molecule has 0 aliphatic carbocycles. The maximum atomic E-state index is 10.8. The van der Waals surface area contributed by atoms with Crippen LogP contribution >= 0.6 is 0 Å². The SMILES string of the molecule is CN(C)c1nc(-c2cccnc2)nn1C=O. The van der Waals surface area contributed by atoms with Gasteiger partial charge in [0, 0.05) is 32.1 Å². The van der Waals surface area contributed by atoms with Crippen molar-refractivity contribution in [1.82, 2.24) is 19.7 Å². The van der Waals surface area contributed by atoms with Crippen LogP contribution in [0.1, 0.15) is 0 Å². The van der Waals surface area contributed by atoms with E-state index in [0.717, 1.165) is 5.56 Å². The predicted octanol–water partition coefficient (Wildman–Crippen LogP) is 0.444. The van der Waals surface area contributed by atoms with Crippen molar-refractivity contribution in [3.8, 4) is 11.4 Å². The molecule has 0 spiro atoms. The number of nitrogens with zero attached hydrogens (tertiary/aromatic N) is 5. The van der Waals surface area contributed by atoms with Gasteiger partial charge in [0.2, 0.25) is 12.4 Å². The number of rotatable bonds is 3. The molecule has 0 fully saturated rings. The highest BCUT2D eigenvalue weighted by Crippen LogP contribution is 2.16. The molecule has 0 aliphatic heterocycles.